The van der Waals surface area contributed by atoms with E-state index in [0.29, 0.717) is 32.6 Å². The molecule has 0 aromatic rings. The number of carbonyl (C=O) groups excluding carboxylic acids is 1. The van der Waals surface area contributed by atoms with Crippen LogP contribution in [0.1, 0.15) is 26.7 Å². The third-order valence-electron chi connectivity index (χ3n) is 3.13. The second-order valence-electron chi connectivity index (χ2n) is 5.11. The van der Waals surface area contributed by atoms with Gasteiger partial charge in [-0.25, -0.2) is 0 Å². The molecule has 94 valence electrons. The van der Waals surface area contributed by atoms with Crippen molar-refractivity contribution < 1.29 is 14.6 Å². The van der Waals surface area contributed by atoms with Crippen molar-refractivity contribution in [2.24, 2.45) is 11.1 Å². The zero-order chi connectivity index (χ0) is 12.2. The maximum absolute atomic E-state index is 11.7. The first kappa shape index (κ1) is 13.4. The Morgan fingerprint density at radius 2 is 2.06 bits per heavy atom. The van der Waals surface area contributed by atoms with Crippen molar-refractivity contribution in [2.45, 2.75) is 32.3 Å². The van der Waals surface area contributed by atoms with Crippen LogP contribution in [0.2, 0.25) is 0 Å². The van der Waals surface area contributed by atoms with Crippen molar-refractivity contribution in [2.75, 3.05) is 26.3 Å². The normalized spacial score (nSPS) is 20.5. The molecule has 1 aliphatic heterocycles. The molecule has 1 saturated heterocycles. The summed E-state index contributed by atoms with van der Waals surface area (Å²) in [6.45, 7) is 5.24. The van der Waals surface area contributed by atoms with E-state index in [9.17, 15) is 9.90 Å². The highest BCUT2D eigenvalue weighted by atomic mass is 16.5. The van der Waals surface area contributed by atoms with Crippen molar-refractivity contribution in [3.8, 4) is 0 Å². The third-order valence-corrected chi connectivity index (χ3v) is 3.13. The molecule has 1 rings (SSSR count). The van der Waals surface area contributed by atoms with Crippen LogP contribution in [0.4, 0.5) is 0 Å². The zero-order valence-electron chi connectivity index (χ0n) is 10.1. The molecule has 1 amide bonds. The summed E-state index contributed by atoms with van der Waals surface area (Å²) in [7, 11) is 0. The van der Waals surface area contributed by atoms with Gasteiger partial charge in [0.1, 0.15) is 0 Å². The van der Waals surface area contributed by atoms with Crippen LogP contribution in [0.25, 0.3) is 0 Å². The fourth-order valence-electron chi connectivity index (χ4n) is 1.50. The lowest BCUT2D eigenvalue weighted by atomic mass is 9.90. The molecular weight excluding hydrogens is 208 g/mol. The number of carbonyl (C=O) groups is 1. The Hall–Kier alpha value is -0.650. The van der Waals surface area contributed by atoms with Crippen molar-refractivity contribution >= 4 is 5.91 Å². The predicted molar refractivity (Wildman–Crippen MR) is 60.8 cm³/mol. The SMILES string of the molecule is CC(C)(CN)C(=O)NCC1(O)CCOCC1. The number of hydrogen-bond donors (Lipinski definition) is 3. The lowest BCUT2D eigenvalue weighted by molar-refractivity contribution is -0.131. The number of rotatable bonds is 4. The molecule has 5 nitrogen and oxygen atoms in total. The maximum atomic E-state index is 11.7. The molecule has 0 atom stereocenters. The highest BCUT2D eigenvalue weighted by Crippen LogP contribution is 2.20. The highest BCUT2D eigenvalue weighted by Gasteiger charge is 2.32. The van der Waals surface area contributed by atoms with Crippen LogP contribution in [-0.4, -0.2) is 42.9 Å². The lowest BCUT2D eigenvalue weighted by Crippen LogP contribution is -2.50. The Bertz CT molecular complexity index is 248. The van der Waals surface area contributed by atoms with Crippen LogP contribution < -0.4 is 11.1 Å². The standard InChI is InChI=1S/C11H22N2O3/c1-10(2,7-12)9(14)13-8-11(15)3-5-16-6-4-11/h15H,3-8,12H2,1-2H3,(H,13,14). The number of ether oxygens (including phenoxy) is 1. The molecule has 0 spiro atoms. The molecule has 1 aliphatic rings. The van der Waals surface area contributed by atoms with Gasteiger partial charge in [-0.3, -0.25) is 4.79 Å². The van der Waals surface area contributed by atoms with Crippen LogP contribution >= 0.6 is 0 Å². The van der Waals surface area contributed by atoms with E-state index in [1.165, 1.54) is 0 Å². The molecule has 0 saturated carbocycles. The van der Waals surface area contributed by atoms with Crippen molar-refractivity contribution in [1.29, 1.82) is 0 Å². The number of nitrogens with one attached hydrogen (secondary N) is 1. The van der Waals surface area contributed by atoms with Crippen LogP contribution in [0, 0.1) is 5.41 Å². The second-order valence-corrected chi connectivity index (χ2v) is 5.11. The molecule has 16 heavy (non-hydrogen) atoms. The van der Waals surface area contributed by atoms with Gasteiger partial charge in [0.05, 0.1) is 11.0 Å². The van der Waals surface area contributed by atoms with E-state index in [2.05, 4.69) is 5.32 Å². The third kappa shape index (κ3) is 3.43. The van der Waals surface area contributed by atoms with Crippen LogP contribution in [0.5, 0.6) is 0 Å². The van der Waals surface area contributed by atoms with Gasteiger partial charge in [0.25, 0.3) is 0 Å². The minimum atomic E-state index is -0.821. The lowest BCUT2D eigenvalue weighted by Gasteiger charge is -2.33. The summed E-state index contributed by atoms with van der Waals surface area (Å²) < 4.78 is 5.17. The first-order valence-corrected chi connectivity index (χ1v) is 5.68. The summed E-state index contributed by atoms with van der Waals surface area (Å²) >= 11 is 0. The fourth-order valence-corrected chi connectivity index (χ4v) is 1.50. The quantitative estimate of drug-likeness (QED) is 0.615. The van der Waals surface area contributed by atoms with Gasteiger partial charge in [0.15, 0.2) is 0 Å². The largest absolute Gasteiger partial charge is 0.388 e. The number of hydrogen-bond acceptors (Lipinski definition) is 4. The summed E-state index contributed by atoms with van der Waals surface area (Å²) in [5.74, 6) is -0.116. The average molecular weight is 230 g/mol. The van der Waals surface area contributed by atoms with E-state index >= 15 is 0 Å². The molecule has 5 heteroatoms. The van der Waals surface area contributed by atoms with Crippen molar-refractivity contribution in [3.63, 3.8) is 0 Å². The summed E-state index contributed by atoms with van der Waals surface area (Å²) in [5, 5.41) is 12.9. The summed E-state index contributed by atoms with van der Waals surface area (Å²) in [4.78, 5) is 11.7. The van der Waals surface area contributed by atoms with E-state index in [-0.39, 0.29) is 12.5 Å². The van der Waals surface area contributed by atoms with E-state index in [4.69, 9.17) is 10.5 Å². The number of aliphatic hydroxyl groups is 1. The van der Waals surface area contributed by atoms with Crippen molar-refractivity contribution in [3.05, 3.63) is 0 Å². The Kier molecular flexibility index (Phi) is 4.29. The molecule has 0 aliphatic carbocycles. The number of amides is 1. The van der Waals surface area contributed by atoms with Gasteiger partial charge in [-0.1, -0.05) is 0 Å². The van der Waals surface area contributed by atoms with Gasteiger partial charge >= 0.3 is 0 Å². The Morgan fingerprint density at radius 3 is 2.56 bits per heavy atom. The second kappa shape index (κ2) is 5.12. The van der Waals surface area contributed by atoms with Crippen molar-refractivity contribution in [1.82, 2.24) is 5.32 Å². The van der Waals surface area contributed by atoms with Gasteiger partial charge in [0, 0.05) is 39.1 Å². The summed E-state index contributed by atoms with van der Waals surface area (Å²) in [6.07, 6.45) is 1.13. The summed E-state index contributed by atoms with van der Waals surface area (Å²) in [6, 6.07) is 0. The molecule has 0 bridgehead atoms. The van der Waals surface area contributed by atoms with E-state index < -0.39 is 11.0 Å². The Labute approximate surface area is 96.3 Å². The molecule has 0 unspecified atom stereocenters. The molecule has 4 N–H and O–H groups in total. The zero-order valence-corrected chi connectivity index (χ0v) is 10.1. The molecule has 0 aromatic carbocycles. The smallest absolute Gasteiger partial charge is 0.227 e. The molecule has 0 radical (unpaired) electrons. The Morgan fingerprint density at radius 1 is 1.50 bits per heavy atom. The minimum Gasteiger partial charge on any atom is -0.388 e. The van der Waals surface area contributed by atoms with Crippen LogP contribution in [-0.2, 0) is 9.53 Å². The van der Waals surface area contributed by atoms with E-state index in [1.807, 2.05) is 0 Å². The molecular formula is C11H22N2O3. The fraction of sp³-hybridized carbons (Fsp3) is 0.909. The maximum Gasteiger partial charge on any atom is 0.227 e. The minimum absolute atomic E-state index is 0.116. The average Bonchev–Trinajstić information content (AvgIpc) is 2.27. The Balaban J connectivity index is 2.41. The van der Waals surface area contributed by atoms with Crippen LogP contribution in [0.15, 0.2) is 0 Å². The van der Waals surface area contributed by atoms with Gasteiger partial charge < -0.3 is 20.9 Å². The molecule has 1 fully saturated rings. The first-order chi connectivity index (χ1) is 7.40. The van der Waals surface area contributed by atoms with Crippen LogP contribution in [0.3, 0.4) is 0 Å². The van der Waals surface area contributed by atoms with Gasteiger partial charge in [-0.15, -0.1) is 0 Å². The summed E-state index contributed by atoms with van der Waals surface area (Å²) in [5.41, 5.74) is 4.10. The predicted octanol–water partition coefficient (Wildman–Crippen LogP) is -0.371. The van der Waals surface area contributed by atoms with Gasteiger partial charge in [-0.2, -0.15) is 0 Å². The number of nitrogens with two attached hydrogens (primary N) is 1. The van der Waals surface area contributed by atoms with E-state index in [1.54, 1.807) is 13.8 Å². The monoisotopic (exact) mass is 230 g/mol. The van der Waals surface area contributed by atoms with Gasteiger partial charge in [-0.05, 0) is 13.8 Å². The highest BCUT2D eigenvalue weighted by molar-refractivity contribution is 5.82. The van der Waals surface area contributed by atoms with Gasteiger partial charge in [0.2, 0.25) is 5.91 Å². The molecule has 1 heterocycles. The van der Waals surface area contributed by atoms with E-state index in [0.717, 1.165) is 0 Å². The molecule has 0 aromatic heterocycles. The topological polar surface area (TPSA) is 84.6 Å². The first-order valence-electron chi connectivity index (χ1n) is 5.68.